The van der Waals surface area contributed by atoms with E-state index in [1.807, 2.05) is 0 Å². The molecule has 1 N–H and O–H groups in total. The molecule has 0 bridgehead atoms. The van der Waals surface area contributed by atoms with Gasteiger partial charge in [-0.05, 0) is 48.9 Å². The minimum atomic E-state index is -4.37. The average molecular weight is 299 g/mol. The number of anilines is 1. The number of carboxylic acids is 1. The molecule has 6 heteroatoms. The number of hydrogen-bond donors (Lipinski definition) is 1. The van der Waals surface area contributed by atoms with Crippen molar-refractivity contribution in [2.45, 2.75) is 31.5 Å². The average Bonchev–Trinajstić information content (AvgIpc) is 2.96. The van der Waals surface area contributed by atoms with Crippen LogP contribution in [0.4, 0.5) is 18.9 Å². The van der Waals surface area contributed by atoms with E-state index < -0.39 is 23.8 Å². The molecule has 114 valence electrons. The van der Waals surface area contributed by atoms with Crippen LogP contribution in [-0.2, 0) is 11.0 Å². The number of hydrogen-bond acceptors (Lipinski definition) is 2. The number of halogens is 3. The third-order valence-electron chi connectivity index (χ3n) is 4.67. The lowest BCUT2D eigenvalue weighted by atomic mass is 9.94. The molecular weight excluding hydrogens is 283 g/mol. The van der Waals surface area contributed by atoms with E-state index in [9.17, 15) is 23.1 Å². The van der Waals surface area contributed by atoms with Crippen molar-refractivity contribution < 1.29 is 23.1 Å². The van der Waals surface area contributed by atoms with Gasteiger partial charge in [0.15, 0.2) is 0 Å². The number of carbonyl (C=O) groups is 1. The first kappa shape index (κ1) is 14.2. The molecule has 3 rings (SSSR count). The van der Waals surface area contributed by atoms with Crippen molar-refractivity contribution >= 4 is 11.7 Å². The number of aliphatic carboxylic acids is 1. The summed E-state index contributed by atoms with van der Waals surface area (Å²) in [7, 11) is 0. The van der Waals surface area contributed by atoms with E-state index in [0.717, 1.165) is 31.4 Å². The highest BCUT2D eigenvalue weighted by Gasteiger charge is 2.47. The fourth-order valence-corrected chi connectivity index (χ4v) is 3.73. The number of fused-ring (bicyclic) bond motifs is 1. The van der Waals surface area contributed by atoms with Gasteiger partial charge in [-0.25, -0.2) is 4.79 Å². The third kappa shape index (κ3) is 2.47. The van der Waals surface area contributed by atoms with Gasteiger partial charge in [0.25, 0.3) is 0 Å². The maximum Gasteiger partial charge on any atom is 0.416 e. The Balaban J connectivity index is 1.87. The molecule has 3 atom stereocenters. The topological polar surface area (TPSA) is 40.5 Å². The molecule has 3 nitrogen and oxygen atoms in total. The fourth-order valence-electron chi connectivity index (χ4n) is 3.73. The second-order valence-electron chi connectivity index (χ2n) is 5.83. The Bertz CT molecular complexity index is 541. The summed E-state index contributed by atoms with van der Waals surface area (Å²) in [5, 5.41) is 9.45. The number of alkyl halides is 3. The van der Waals surface area contributed by atoms with Crippen LogP contribution in [0.25, 0.3) is 0 Å². The minimum Gasteiger partial charge on any atom is -0.480 e. The highest BCUT2D eigenvalue weighted by atomic mass is 19.4. The van der Waals surface area contributed by atoms with E-state index in [4.69, 9.17) is 0 Å². The second-order valence-corrected chi connectivity index (χ2v) is 5.83. The molecule has 1 heterocycles. The summed E-state index contributed by atoms with van der Waals surface area (Å²) in [5.41, 5.74) is -0.151. The van der Waals surface area contributed by atoms with Crippen molar-refractivity contribution in [3.63, 3.8) is 0 Å². The lowest BCUT2D eigenvalue weighted by molar-refractivity contribution is -0.139. The Morgan fingerprint density at radius 2 is 1.86 bits per heavy atom. The number of carboxylic acid groups (broad SMARTS) is 1. The summed E-state index contributed by atoms with van der Waals surface area (Å²) in [6.45, 7) is 0.618. The molecule has 0 spiro atoms. The molecule has 2 fully saturated rings. The fraction of sp³-hybridized carbons (Fsp3) is 0.533. The molecule has 1 aromatic rings. The van der Waals surface area contributed by atoms with Gasteiger partial charge in [0.2, 0.25) is 0 Å². The molecule has 1 saturated heterocycles. The van der Waals surface area contributed by atoms with Crippen LogP contribution in [0.2, 0.25) is 0 Å². The smallest absolute Gasteiger partial charge is 0.416 e. The van der Waals surface area contributed by atoms with E-state index in [0.29, 0.717) is 18.2 Å². The monoisotopic (exact) mass is 299 g/mol. The van der Waals surface area contributed by atoms with E-state index in [1.165, 1.54) is 12.1 Å². The summed E-state index contributed by atoms with van der Waals surface area (Å²) in [5.74, 6) is -0.428. The van der Waals surface area contributed by atoms with Gasteiger partial charge < -0.3 is 10.0 Å². The summed E-state index contributed by atoms with van der Waals surface area (Å²) < 4.78 is 37.7. The van der Waals surface area contributed by atoms with E-state index in [2.05, 4.69) is 0 Å². The zero-order valence-corrected chi connectivity index (χ0v) is 11.3. The Kier molecular flexibility index (Phi) is 3.34. The van der Waals surface area contributed by atoms with Crippen LogP contribution >= 0.6 is 0 Å². The highest BCUT2D eigenvalue weighted by Crippen LogP contribution is 2.44. The van der Waals surface area contributed by atoms with Gasteiger partial charge in [0, 0.05) is 12.2 Å². The maximum atomic E-state index is 12.6. The summed E-state index contributed by atoms with van der Waals surface area (Å²) >= 11 is 0. The SMILES string of the molecule is O=C(O)C1C2CCCC2CN1c1ccc(C(F)(F)F)cc1. The van der Waals surface area contributed by atoms with Crippen LogP contribution in [0.15, 0.2) is 24.3 Å². The zero-order valence-electron chi connectivity index (χ0n) is 11.3. The van der Waals surface area contributed by atoms with Gasteiger partial charge in [0.05, 0.1) is 5.56 Å². The van der Waals surface area contributed by atoms with Crippen LogP contribution < -0.4 is 4.90 Å². The minimum absolute atomic E-state index is 0.116. The van der Waals surface area contributed by atoms with Crippen molar-refractivity contribution in [2.75, 3.05) is 11.4 Å². The molecule has 1 saturated carbocycles. The highest BCUT2D eigenvalue weighted by molar-refractivity contribution is 5.80. The molecule has 0 amide bonds. The third-order valence-corrected chi connectivity index (χ3v) is 4.67. The predicted octanol–water partition coefficient (Wildman–Crippen LogP) is 3.39. The quantitative estimate of drug-likeness (QED) is 0.910. The van der Waals surface area contributed by atoms with Crippen molar-refractivity contribution in [2.24, 2.45) is 11.8 Å². The Morgan fingerprint density at radius 1 is 1.19 bits per heavy atom. The lowest BCUT2D eigenvalue weighted by Crippen LogP contribution is -2.39. The van der Waals surface area contributed by atoms with Crippen LogP contribution in [-0.4, -0.2) is 23.7 Å². The first-order valence-corrected chi connectivity index (χ1v) is 7.04. The molecule has 1 aliphatic heterocycles. The van der Waals surface area contributed by atoms with Crippen molar-refractivity contribution in [3.05, 3.63) is 29.8 Å². The molecule has 21 heavy (non-hydrogen) atoms. The van der Waals surface area contributed by atoms with Gasteiger partial charge in [-0.15, -0.1) is 0 Å². The van der Waals surface area contributed by atoms with Gasteiger partial charge in [-0.3, -0.25) is 0 Å². The van der Waals surface area contributed by atoms with Crippen molar-refractivity contribution in [3.8, 4) is 0 Å². The molecular formula is C15H16F3NO2. The van der Waals surface area contributed by atoms with Crippen molar-refractivity contribution in [1.82, 2.24) is 0 Å². The summed E-state index contributed by atoms with van der Waals surface area (Å²) in [4.78, 5) is 13.3. The van der Waals surface area contributed by atoms with E-state index in [-0.39, 0.29) is 5.92 Å². The summed E-state index contributed by atoms with van der Waals surface area (Å²) in [6.07, 6.45) is -1.43. The summed E-state index contributed by atoms with van der Waals surface area (Å²) in [6, 6.07) is 4.17. The van der Waals surface area contributed by atoms with Crippen LogP contribution in [0.1, 0.15) is 24.8 Å². The van der Waals surface area contributed by atoms with Gasteiger partial charge in [0.1, 0.15) is 6.04 Å². The Morgan fingerprint density at radius 3 is 2.43 bits per heavy atom. The number of rotatable bonds is 2. The van der Waals surface area contributed by atoms with Gasteiger partial charge in [-0.2, -0.15) is 13.2 Å². The standard InChI is InChI=1S/C15H16F3NO2/c16-15(17,18)10-4-6-11(7-5-10)19-8-9-2-1-3-12(9)13(19)14(20)21/h4-7,9,12-13H,1-3,8H2,(H,20,21). The van der Waals surface area contributed by atoms with Crippen LogP contribution in [0.5, 0.6) is 0 Å². The Hall–Kier alpha value is -1.72. The maximum absolute atomic E-state index is 12.6. The molecule has 2 aliphatic rings. The van der Waals surface area contributed by atoms with Gasteiger partial charge >= 0.3 is 12.1 Å². The Labute approximate surface area is 120 Å². The first-order valence-electron chi connectivity index (χ1n) is 7.04. The number of benzene rings is 1. The lowest BCUT2D eigenvalue weighted by Gasteiger charge is -2.26. The van der Waals surface area contributed by atoms with Crippen molar-refractivity contribution in [1.29, 1.82) is 0 Å². The van der Waals surface area contributed by atoms with Crippen LogP contribution in [0, 0.1) is 11.8 Å². The van der Waals surface area contributed by atoms with E-state index >= 15 is 0 Å². The zero-order chi connectivity index (χ0) is 15.2. The van der Waals surface area contributed by atoms with Crippen LogP contribution in [0.3, 0.4) is 0 Å². The first-order chi connectivity index (χ1) is 9.88. The molecule has 3 unspecified atom stereocenters. The largest absolute Gasteiger partial charge is 0.480 e. The second kappa shape index (κ2) is 4.93. The van der Waals surface area contributed by atoms with E-state index in [1.54, 1.807) is 4.90 Å². The molecule has 1 aliphatic carbocycles. The normalized spacial score (nSPS) is 28.7. The van der Waals surface area contributed by atoms with Gasteiger partial charge in [-0.1, -0.05) is 6.42 Å². The molecule has 0 aromatic heterocycles. The predicted molar refractivity (Wildman–Crippen MR) is 71.0 cm³/mol. The molecule has 1 aromatic carbocycles. The molecule has 0 radical (unpaired) electrons. The number of nitrogens with zero attached hydrogens (tertiary/aromatic N) is 1.